The molecule has 18 heavy (non-hydrogen) atoms. The second-order valence-electron chi connectivity index (χ2n) is 5.22. The zero-order chi connectivity index (χ0) is 13.0. The third kappa shape index (κ3) is 1.81. The van der Waals surface area contributed by atoms with Gasteiger partial charge in [-0.25, -0.2) is 8.42 Å². The number of anilines is 1. The smallest absolute Gasteiger partial charge is 0.243 e. The van der Waals surface area contributed by atoms with Crippen molar-refractivity contribution < 1.29 is 13.5 Å². The predicted octanol–water partition coefficient (Wildman–Crippen LogP) is 0.414. The Kier molecular flexibility index (Phi) is 2.45. The fraction of sp³-hybridized carbons (Fsp3) is 0.500. The Morgan fingerprint density at radius 1 is 1.33 bits per heavy atom. The molecule has 3 N–H and O–H groups in total. The number of aliphatic hydroxyl groups is 1. The van der Waals surface area contributed by atoms with Gasteiger partial charge >= 0.3 is 0 Å². The molecule has 1 saturated carbocycles. The molecule has 0 amide bonds. The molecular weight excluding hydrogens is 252 g/mol. The largest absolute Gasteiger partial charge is 0.399 e. The molecule has 1 aromatic carbocycles. The van der Waals surface area contributed by atoms with Gasteiger partial charge in [0, 0.05) is 18.8 Å². The molecule has 1 aliphatic carbocycles. The van der Waals surface area contributed by atoms with Gasteiger partial charge in [0.15, 0.2) is 0 Å². The normalized spacial score (nSPS) is 23.6. The maximum absolute atomic E-state index is 12.3. The second-order valence-corrected chi connectivity index (χ2v) is 7.16. The number of hydrogen-bond acceptors (Lipinski definition) is 4. The highest BCUT2D eigenvalue weighted by Gasteiger charge is 2.55. The van der Waals surface area contributed by atoms with Gasteiger partial charge in [-0.05, 0) is 37.0 Å². The number of nitrogen functional groups attached to an aromatic ring is 1. The Balaban J connectivity index is 1.80. The second kappa shape index (κ2) is 3.69. The molecule has 1 aromatic rings. The average molecular weight is 268 g/mol. The number of hydrogen-bond donors (Lipinski definition) is 2. The molecule has 0 spiro atoms. The van der Waals surface area contributed by atoms with Gasteiger partial charge in [0.2, 0.25) is 10.0 Å². The lowest BCUT2D eigenvalue weighted by atomic mass is 9.91. The SMILES string of the molecule is Nc1cccc(S(=O)(=O)N2CC(O)(C3CC3)C2)c1. The van der Waals surface area contributed by atoms with Crippen molar-refractivity contribution in [3.63, 3.8) is 0 Å². The molecule has 6 heteroatoms. The fourth-order valence-electron chi connectivity index (χ4n) is 2.44. The number of rotatable bonds is 3. The van der Waals surface area contributed by atoms with Crippen LogP contribution in [0.3, 0.4) is 0 Å². The molecule has 0 radical (unpaired) electrons. The molecule has 0 bridgehead atoms. The summed E-state index contributed by atoms with van der Waals surface area (Å²) < 4.78 is 25.8. The first kappa shape index (κ1) is 12.0. The van der Waals surface area contributed by atoms with Crippen LogP contribution in [0.1, 0.15) is 12.8 Å². The lowest BCUT2D eigenvalue weighted by molar-refractivity contribution is -0.0764. The van der Waals surface area contributed by atoms with E-state index in [9.17, 15) is 13.5 Å². The first-order chi connectivity index (χ1) is 8.42. The van der Waals surface area contributed by atoms with E-state index in [0.29, 0.717) is 5.69 Å². The molecule has 0 atom stereocenters. The van der Waals surface area contributed by atoms with E-state index >= 15 is 0 Å². The van der Waals surface area contributed by atoms with Crippen molar-refractivity contribution in [1.82, 2.24) is 4.31 Å². The van der Waals surface area contributed by atoms with Crippen molar-refractivity contribution in [3.05, 3.63) is 24.3 Å². The Morgan fingerprint density at radius 2 is 2.00 bits per heavy atom. The summed E-state index contributed by atoms with van der Waals surface area (Å²) in [5.41, 5.74) is 5.22. The molecule has 98 valence electrons. The van der Waals surface area contributed by atoms with Crippen molar-refractivity contribution in [2.24, 2.45) is 5.92 Å². The van der Waals surface area contributed by atoms with Crippen LogP contribution in [0.5, 0.6) is 0 Å². The molecule has 0 unspecified atom stereocenters. The third-order valence-electron chi connectivity index (χ3n) is 3.73. The minimum atomic E-state index is -3.51. The molecular formula is C12H16N2O3S. The van der Waals surface area contributed by atoms with Crippen LogP contribution in [-0.2, 0) is 10.0 Å². The molecule has 1 heterocycles. The molecule has 2 aliphatic rings. The highest BCUT2D eigenvalue weighted by atomic mass is 32.2. The number of nitrogens with zero attached hydrogens (tertiary/aromatic N) is 1. The van der Waals surface area contributed by atoms with Gasteiger partial charge in [-0.15, -0.1) is 0 Å². The van der Waals surface area contributed by atoms with E-state index in [1.165, 1.54) is 16.4 Å². The van der Waals surface area contributed by atoms with Crippen molar-refractivity contribution in [1.29, 1.82) is 0 Å². The van der Waals surface area contributed by atoms with E-state index in [0.717, 1.165) is 12.8 Å². The van der Waals surface area contributed by atoms with Crippen LogP contribution < -0.4 is 5.73 Å². The van der Waals surface area contributed by atoms with E-state index in [1.807, 2.05) is 0 Å². The van der Waals surface area contributed by atoms with Gasteiger partial charge in [-0.3, -0.25) is 0 Å². The summed E-state index contributed by atoms with van der Waals surface area (Å²) in [5.74, 6) is 0.282. The monoisotopic (exact) mass is 268 g/mol. The lowest BCUT2D eigenvalue weighted by Crippen LogP contribution is -2.64. The first-order valence-corrected chi connectivity index (χ1v) is 7.44. The molecule has 1 aliphatic heterocycles. The van der Waals surface area contributed by atoms with Gasteiger partial charge in [-0.1, -0.05) is 6.07 Å². The van der Waals surface area contributed by atoms with Crippen LogP contribution in [0, 0.1) is 5.92 Å². The topological polar surface area (TPSA) is 83.6 Å². The Morgan fingerprint density at radius 3 is 2.56 bits per heavy atom. The van der Waals surface area contributed by atoms with Crippen LogP contribution in [0.4, 0.5) is 5.69 Å². The summed E-state index contributed by atoms with van der Waals surface area (Å²) in [6.45, 7) is 0.406. The lowest BCUT2D eigenvalue weighted by Gasteiger charge is -2.45. The first-order valence-electron chi connectivity index (χ1n) is 6.00. The van der Waals surface area contributed by atoms with Crippen molar-refractivity contribution in [3.8, 4) is 0 Å². The molecule has 0 aromatic heterocycles. The third-order valence-corrected chi connectivity index (χ3v) is 5.52. The molecule has 1 saturated heterocycles. The average Bonchev–Trinajstić information content (AvgIpc) is 3.08. The number of β-amino-alcohol motifs (C(OH)–C–C–N with tert-alkyl or cyclic N) is 1. The van der Waals surface area contributed by atoms with Gasteiger partial charge in [-0.2, -0.15) is 4.31 Å². The Bertz CT molecular complexity index is 575. The molecule has 2 fully saturated rings. The highest BCUT2D eigenvalue weighted by Crippen LogP contribution is 2.45. The highest BCUT2D eigenvalue weighted by molar-refractivity contribution is 7.89. The van der Waals surface area contributed by atoms with E-state index in [-0.39, 0.29) is 23.9 Å². The predicted molar refractivity (Wildman–Crippen MR) is 67.3 cm³/mol. The minimum Gasteiger partial charge on any atom is -0.399 e. The summed E-state index contributed by atoms with van der Waals surface area (Å²) in [6.07, 6.45) is 2.01. The van der Waals surface area contributed by atoms with E-state index < -0.39 is 15.6 Å². The van der Waals surface area contributed by atoms with Crippen molar-refractivity contribution >= 4 is 15.7 Å². The molecule has 5 nitrogen and oxygen atoms in total. The zero-order valence-corrected chi connectivity index (χ0v) is 10.7. The van der Waals surface area contributed by atoms with Crippen LogP contribution in [-0.4, -0.2) is 36.5 Å². The van der Waals surface area contributed by atoms with Crippen LogP contribution in [0.25, 0.3) is 0 Å². The summed E-state index contributed by atoms with van der Waals surface area (Å²) in [5, 5.41) is 10.2. The summed E-state index contributed by atoms with van der Waals surface area (Å²) >= 11 is 0. The maximum atomic E-state index is 12.3. The quantitative estimate of drug-likeness (QED) is 0.778. The standard InChI is InChI=1S/C12H16N2O3S/c13-10-2-1-3-11(6-10)18(16,17)14-7-12(15,8-14)9-4-5-9/h1-3,6,9,15H,4-5,7-8,13H2. The Hall–Kier alpha value is -1.11. The number of nitrogens with two attached hydrogens (primary N) is 1. The van der Waals surface area contributed by atoms with Crippen LogP contribution in [0.2, 0.25) is 0 Å². The summed E-state index contributed by atoms with van der Waals surface area (Å²) in [6, 6.07) is 6.24. The number of benzene rings is 1. The zero-order valence-electron chi connectivity index (χ0n) is 9.91. The van der Waals surface area contributed by atoms with Crippen molar-refractivity contribution in [2.75, 3.05) is 18.8 Å². The summed E-state index contributed by atoms with van der Waals surface area (Å²) in [4.78, 5) is 0.195. The summed E-state index contributed by atoms with van der Waals surface area (Å²) in [7, 11) is -3.51. The van der Waals surface area contributed by atoms with E-state index in [1.54, 1.807) is 12.1 Å². The van der Waals surface area contributed by atoms with Gasteiger partial charge < -0.3 is 10.8 Å². The van der Waals surface area contributed by atoms with Gasteiger partial charge in [0.1, 0.15) is 0 Å². The van der Waals surface area contributed by atoms with Gasteiger partial charge in [0.25, 0.3) is 0 Å². The fourth-order valence-corrected chi connectivity index (χ4v) is 4.06. The van der Waals surface area contributed by atoms with Gasteiger partial charge in [0.05, 0.1) is 10.5 Å². The van der Waals surface area contributed by atoms with Crippen molar-refractivity contribution in [2.45, 2.75) is 23.3 Å². The molecule has 3 rings (SSSR count). The van der Waals surface area contributed by atoms with E-state index in [2.05, 4.69) is 0 Å². The maximum Gasteiger partial charge on any atom is 0.243 e. The van der Waals surface area contributed by atoms with Crippen LogP contribution in [0.15, 0.2) is 29.2 Å². The Labute approximate surface area is 106 Å². The van der Waals surface area contributed by atoms with Crippen LogP contribution >= 0.6 is 0 Å². The van der Waals surface area contributed by atoms with E-state index in [4.69, 9.17) is 5.73 Å². The number of sulfonamides is 1. The minimum absolute atomic E-state index is 0.195.